The van der Waals surface area contributed by atoms with Gasteiger partial charge in [-0.15, -0.1) is 0 Å². The van der Waals surface area contributed by atoms with Crippen molar-refractivity contribution in [2.24, 2.45) is 5.92 Å². The number of benzene rings is 2. The highest BCUT2D eigenvalue weighted by Gasteiger charge is 2.29. The molecule has 1 unspecified atom stereocenters. The number of ether oxygens (including phenoxy) is 1. The maximum atomic E-state index is 13.2. The fraction of sp³-hybridized carbons (Fsp3) is 0.250. The lowest BCUT2D eigenvalue weighted by molar-refractivity contribution is 0.333. The van der Waals surface area contributed by atoms with Crippen LogP contribution in [-0.2, 0) is 0 Å². The minimum absolute atomic E-state index is 0.0445. The first kappa shape index (κ1) is 20.7. The molecule has 8 heteroatoms. The zero-order valence-corrected chi connectivity index (χ0v) is 18.1. The molecule has 164 valence electrons. The molecule has 0 spiro atoms. The number of nitrogens with one attached hydrogen (secondary N) is 3. The summed E-state index contributed by atoms with van der Waals surface area (Å²) in [6, 6.07) is 13.7. The predicted molar refractivity (Wildman–Crippen MR) is 124 cm³/mol. The number of fused-ring (bicyclic) bond motifs is 1. The fourth-order valence-corrected chi connectivity index (χ4v) is 4.48. The Bertz CT molecular complexity index is 1210. The number of anilines is 1. The molecule has 6 nitrogen and oxygen atoms in total. The Morgan fingerprint density at radius 2 is 1.88 bits per heavy atom. The summed E-state index contributed by atoms with van der Waals surface area (Å²) >= 11 is 6.49. The van der Waals surface area contributed by atoms with Gasteiger partial charge in [-0.2, -0.15) is 0 Å². The minimum Gasteiger partial charge on any atom is -0.457 e. The lowest BCUT2D eigenvalue weighted by atomic mass is 9.87. The molecule has 5 rings (SSSR count). The Morgan fingerprint density at radius 1 is 1.06 bits per heavy atom. The molecular weight excluding hydrogens is 429 g/mol. The summed E-state index contributed by atoms with van der Waals surface area (Å²) in [5, 5.41) is 8.57. The van der Waals surface area contributed by atoms with E-state index in [1.54, 1.807) is 24.7 Å². The second-order valence-corrected chi connectivity index (χ2v) is 8.32. The number of hydrogen-bond donors (Lipinski definition) is 3. The summed E-state index contributed by atoms with van der Waals surface area (Å²) in [5.74, 6) is 1.33. The Morgan fingerprint density at radius 3 is 2.69 bits per heavy atom. The lowest BCUT2D eigenvalue weighted by Crippen LogP contribution is -2.33. The van der Waals surface area contributed by atoms with Crippen LogP contribution in [-0.4, -0.2) is 28.0 Å². The van der Waals surface area contributed by atoms with Gasteiger partial charge in [-0.3, -0.25) is 0 Å². The summed E-state index contributed by atoms with van der Waals surface area (Å²) in [5.41, 5.74) is 2.53. The van der Waals surface area contributed by atoms with Gasteiger partial charge >= 0.3 is 0 Å². The van der Waals surface area contributed by atoms with E-state index in [-0.39, 0.29) is 11.9 Å². The molecule has 32 heavy (non-hydrogen) atoms. The molecule has 0 radical (unpaired) electrons. The molecule has 1 atom stereocenters. The van der Waals surface area contributed by atoms with Gasteiger partial charge in [0.2, 0.25) is 0 Å². The van der Waals surface area contributed by atoms with Crippen molar-refractivity contribution in [3.63, 3.8) is 0 Å². The largest absolute Gasteiger partial charge is 0.457 e. The van der Waals surface area contributed by atoms with Gasteiger partial charge in [0.05, 0.1) is 22.1 Å². The lowest BCUT2D eigenvalue weighted by Gasteiger charge is -2.32. The molecule has 0 saturated carbocycles. The molecule has 1 fully saturated rings. The molecule has 0 amide bonds. The van der Waals surface area contributed by atoms with Crippen LogP contribution in [0.15, 0.2) is 61.1 Å². The second kappa shape index (κ2) is 9.14. The van der Waals surface area contributed by atoms with Crippen LogP contribution in [0.2, 0.25) is 5.02 Å². The molecule has 1 aliphatic rings. The first-order chi connectivity index (χ1) is 15.7. The topological polar surface area (TPSA) is 74.9 Å². The Kier molecular flexibility index (Phi) is 5.92. The first-order valence-electron chi connectivity index (χ1n) is 10.7. The Hall–Kier alpha value is -3.16. The van der Waals surface area contributed by atoms with E-state index in [1.165, 1.54) is 12.1 Å². The maximum absolute atomic E-state index is 13.2. The number of hydrogen-bond acceptors (Lipinski definition) is 5. The quantitative estimate of drug-likeness (QED) is 0.351. The Balaban J connectivity index is 1.46. The van der Waals surface area contributed by atoms with Crippen LogP contribution in [0.25, 0.3) is 11.0 Å². The number of aromatic nitrogens is 3. The summed E-state index contributed by atoms with van der Waals surface area (Å²) in [6.07, 6.45) is 5.38. The van der Waals surface area contributed by atoms with Crippen LogP contribution in [0, 0.1) is 11.7 Å². The number of H-pyrrole nitrogens is 1. The van der Waals surface area contributed by atoms with Crippen molar-refractivity contribution >= 4 is 28.3 Å². The second-order valence-electron chi connectivity index (χ2n) is 7.91. The smallest absolute Gasteiger partial charge is 0.142 e. The van der Waals surface area contributed by atoms with Crippen molar-refractivity contribution in [2.75, 3.05) is 18.4 Å². The molecule has 3 N–H and O–H groups in total. The van der Waals surface area contributed by atoms with Crippen LogP contribution in [0.4, 0.5) is 10.1 Å². The molecule has 0 bridgehead atoms. The van der Waals surface area contributed by atoms with Crippen molar-refractivity contribution in [2.45, 2.75) is 18.9 Å². The highest BCUT2D eigenvalue weighted by Crippen LogP contribution is 2.37. The van der Waals surface area contributed by atoms with Gasteiger partial charge in [-0.25, -0.2) is 14.4 Å². The van der Waals surface area contributed by atoms with Gasteiger partial charge < -0.3 is 20.4 Å². The van der Waals surface area contributed by atoms with Gasteiger partial charge in [0.15, 0.2) is 0 Å². The summed E-state index contributed by atoms with van der Waals surface area (Å²) < 4.78 is 19.1. The third-order valence-electron chi connectivity index (χ3n) is 5.81. The van der Waals surface area contributed by atoms with E-state index >= 15 is 0 Å². The van der Waals surface area contributed by atoms with Crippen molar-refractivity contribution in [1.82, 2.24) is 20.3 Å². The van der Waals surface area contributed by atoms with Crippen LogP contribution in [0.5, 0.6) is 11.5 Å². The SMILES string of the molecule is Fc1ccc(Oc2cccc(NC(c3ncnc4[nH]cc(Cl)c34)C3CCNCC3)c2)cc1. The maximum Gasteiger partial charge on any atom is 0.142 e. The van der Waals surface area contributed by atoms with Crippen LogP contribution in [0.1, 0.15) is 24.6 Å². The molecule has 2 aromatic heterocycles. The van der Waals surface area contributed by atoms with Crippen molar-refractivity contribution in [1.29, 1.82) is 0 Å². The summed E-state index contributed by atoms with van der Waals surface area (Å²) in [6.45, 7) is 1.93. The molecule has 3 heterocycles. The van der Waals surface area contributed by atoms with E-state index < -0.39 is 0 Å². The fourth-order valence-electron chi connectivity index (χ4n) is 4.24. The average Bonchev–Trinajstić information content (AvgIpc) is 3.21. The van der Waals surface area contributed by atoms with E-state index in [0.717, 1.165) is 48.3 Å². The molecule has 4 aromatic rings. The van der Waals surface area contributed by atoms with Crippen LogP contribution in [0.3, 0.4) is 0 Å². The van der Waals surface area contributed by atoms with Crippen molar-refractivity contribution < 1.29 is 9.13 Å². The van der Waals surface area contributed by atoms with E-state index in [9.17, 15) is 4.39 Å². The van der Waals surface area contributed by atoms with Gasteiger partial charge in [0, 0.05) is 18.0 Å². The van der Waals surface area contributed by atoms with Gasteiger partial charge in [-0.05, 0) is 68.2 Å². The number of nitrogens with zero attached hydrogens (tertiary/aromatic N) is 2. The zero-order valence-electron chi connectivity index (χ0n) is 17.3. The summed E-state index contributed by atoms with van der Waals surface area (Å²) in [4.78, 5) is 12.1. The van der Waals surface area contributed by atoms with Crippen LogP contribution >= 0.6 is 11.6 Å². The third-order valence-corrected chi connectivity index (χ3v) is 6.10. The molecular formula is C24H23ClFN5O. The highest BCUT2D eigenvalue weighted by atomic mass is 35.5. The molecule has 1 saturated heterocycles. The van der Waals surface area contributed by atoms with Crippen molar-refractivity contribution in [3.8, 4) is 11.5 Å². The molecule has 1 aliphatic heterocycles. The zero-order chi connectivity index (χ0) is 21.9. The van der Waals surface area contributed by atoms with Crippen molar-refractivity contribution in [3.05, 3.63) is 77.6 Å². The van der Waals surface area contributed by atoms with E-state index in [0.29, 0.717) is 22.4 Å². The van der Waals surface area contributed by atoms with Crippen LogP contribution < -0.4 is 15.4 Å². The number of aromatic amines is 1. The van der Waals surface area contributed by atoms with Gasteiger partial charge in [-0.1, -0.05) is 17.7 Å². The normalized spacial score (nSPS) is 15.6. The highest BCUT2D eigenvalue weighted by molar-refractivity contribution is 6.35. The first-order valence-corrected chi connectivity index (χ1v) is 11.0. The van der Waals surface area contributed by atoms with E-state index in [2.05, 4.69) is 25.6 Å². The van der Waals surface area contributed by atoms with Gasteiger partial charge in [0.25, 0.3) is 0 Å². The monoisotopic (exact) mass is 451 g/mol. The predicted octanol–water partition coefficient (Wildman–Crippen LogP) is 5.70. The average molecular weight is 452 g/mol. The number of halogens is 2. The number of piperidine rings is 1. The summed E-state index contributed by atoms with van der Waals surface area (Å²) in [7, 11) is 0. The standard InChI is InChI=1S/C24H23ClFN5O/c25-20-13-28-24-21(20)23(29-14-30-24)22(15-8-10-27-11-9-15)31-17-2-1-3-19(12-17)32-18-6-4-16(26)5-7-18/h1-7,12-15,22,27,31H,8-11H2,(H,28,29,30). The number of rotatable bonds is 6. The van der Waals surface area contributed by atoms with E-state index in [4.69, 9.17) is 16.3 Å². The van der Waals surface area contributed by atoms with Gasteiger partial charge in [0.1, 0.15) is 29.3 Å². The third kappa shape index (κ3) is 4.40. The minimum atomic E-state index is -0.294. The molecule has 0 aliphatic carbocycles. The van der Waals surface area contributed by atoms with E-state index in [1.807, 2.05) is 24.3 Å². The molecule has 2 aromatic carbocycles. The Labute approximate surface area is 190 Å².